The van der Waals surface area contributed by atoms with Crippen molar-refractivity contribution >= 4 is 5.97 Å². The third-order valence-corrected chi connectivity index (χ3v) is 1.99. The van der Waals surface area contributed by atoms with E-state index in [4.69, 9.17) is 0 Å². The number of aliphatic hydroxyl groups is 2. The van der Waals surface area contributed by atoms with Gasteiger partial charge < -0.3 is 14.9 Å². The van der Waals surface area contributed by atoms with Crippen molar-refractivity contribution < 1.29 is 28.5 Å². The first-order valence-electron chi connectivity index (χ1n) is 4.82. The summed E-state index contributed by atoms with van der Waals surface area (Å²) in [5.74, 6) is -3.45. The van der Waals surface area contributed by atoms with Crippen LogP contribution in [-0.4, -0.2) is 33.9 Å². The first-order valence-corrected chi connectivity index (χ1v) is 4.82. The molecule has 2 unspecified atom stereocenters. The van der Waals surface area contributed by atoms with E-state index in [9.17, 15) is 23.8 Å². The van der Waals surface area contributed by atoms with Gasteiger partial charge in [-0.3, -0.25) is 0 Å². The van der Waals surface area contributed by atoms with Gasteiger partial charge in [-0.25, -0.2) is 4.79 Å². The van der Waals surface area contributed by atoms with Crippen LogP contribution in [0.15, 0.2) is 12.1 Å². The third-order valence-electron chi connectivity index (χ3n) is 1.99. The number of hydrogen-bond acceptors (Lipinski definition) is 5. The van der Waals surface area contributed by atoms with Gasteiger partial charge in [-0.15, -0.1) is 0 Å². The lowest BCUT2D eigenvalue weighted by Gasteiger charge is -2.16. The Morgan fingerprint density at radius 2 is 2.12 bits per heavy atom. The smallest absolute Gasteiger partial charge is 0.338 e. The summed E-state index contributed by atoms with van der Waals surface area (Å²) < 4.78 is 30.1. The molecule has 0 bridgehead atoms. The van der Waals surface area contributed by atoms with Crippen LogP contribution < -0.4 is 0 Å². The molecule has 0 aliphatic carbocycles. The summed E-state index contributed by atoms with van der Waals surface area (Å²) in [6.45, 7) is 1.52. The van der Waals surface area contributed by atoms with E-state index in [0.717, 1.165) is 12.1 Å². The van der Waals surface area contributed by atoms with E-state index in [0.29, 0.717) is 0 Å². The Morgan fingerprint density at radius 1 is 1.47 bits per heavy atom. The van der Waals surface area contributed by atoms with Crippen LogP contribution >= 0.6 is 0 Å². The topological polar surface area (TPSA) is 79.7 Å². The van der Waals surface area contributed by atoms with Gasteiger partial charge in [0.15, 0.2) is 6.10 Å². The second kappa shape index (κ2) is 5.65. The Morgan fingerprint density at radius 3 is 2.65 bits per heavy atom. The van der Waals surface area contributed by atoms with Crippen molar-refractivity contribution in [1.82, 2.24) is 4.98 Å². The molecule has 2 N–H and O–H groups in total. The fourth-order valence-corrected chi connectivity index (χ4v) is 1.17. The molecule has 0 saturated heterocycles. The number of carbonyl (C=O) groups excluding carboxylic acids is 1. The number of hydrogen-bond donors (Lipinski definition) is 2. The van der Waals surface area contributed by atoms with Crippen molar-refractivity contribution in [2.75, 3.05) is 6.61 Å². The van der Waals surface area contributed by atoms with Gasteiger partial charge in [0, 0.05) is 5.56 Å². The molecule has 0 aliphatic rings. The first-order chi connectivity index (χ1) is 7.97. The molecule has 7 heteroatoms. The van der Waals surface area contributed by atoms with Gasteiger partial charge in [0.2, 0.25) is 11.9 Å². The van der Waals surface area contributed by atoms with Gasteiger partial charge in [-0.1, -0.05) is 0 Å². The van der Waals surface area contributed by atoms with Crippen LogP contribution in [-0.2, 0) is 9.53 Å². The maximum atomic E-state index is 13.1. The Hall–Kier alpha value is -1.60. The molecule has 1 aromatic rings. The molecule has 5 nitrogen and oxygen atoms in total. The van der Waals surface area contributed by atoms with E-state index < -0.39 is 35.6 Å². The summed E-state index contributed by atoms with van der Waals surface area (Å²) >= 11 is 0. The summed E-state index contributed by atoms with van der Waals surface area (Å²) in [5.41, 5.74) is -0.480. The molecule has 0 radical (unpaired) electrons. The molecule has 1 rings (SSSR count). The molecule has 0 fully saturated rings. The van der Waals surface area contributed by atoms with Crippen LogP contribution in [0.25, 0.3) is 0 Å². The van der Waals surface area contributed by atoms with E-state index in [1.165, 1.54) is 6.92 Å². The highest BCUT2D eigenvalue weighted by Gasteiger charge is 2.29. The molecule has 0 amide bonds. The number of rotatable bonds is 4. The maximum absolute atomic E-state index is 13.1. The van der Waals surface area contributed by atoms with E-state index >= 15 is 0 Å². The maximum Gasteiger partial charge on any atom is 0.338 e. The average molecular weight is 247 g/mol. The Balaban J connectivity index is 2.88. The largest absolute Gasteiger partial charge is 0.464 e. The van der Waals surface area contributed by atoms with Crippen LogP contribution in [0, 0.1) is 11.9 Å². The van der Waals surface area contributed by atoms with Crippen molar-refractivity contribution in [2.45, 2.75) is 19.1 Å². The van der Waals surface area contributed by atoms with Crippen LogP contribution in [0.2, 0.25) is 0 Å². The van der Waals surface area contributed by atoms with Crippen molar-refractivity contribution in [2.24, 2.45) is 0 Å². The molecule has 0 aromatic carbocycles. The molecule has 2 atom stereocenters. The number of aliphatic hydroxyl groups excluding tert-OH is 2. The molecule has 0 saturated carbocycles. The highest BCUT2D eigenvalue weighted by atomic mass is 19.1. The lowest BCUT2D eigenvalue weighted by atomic mass is 10.1. The predicted molar refractivity (Wildman–Crippen MR) is 51.8 cm³/mol. The lowest BCUT2D eigenvalue weighted by molar-refractivity contribution is -0.159. The first kappa shape index (κ1) is 13.5. The highest BCUT2D eigenvalue weighted by Crippen LogP contribution is 2.20. The van der Waals surface area contributed by atoms with E-state index in [2.05, 4.69) is 9.72 Å². The average Bonchev–Trinajstić information content (AvgIpc) is 2.27. The molecule has 0 aliphatic heterocycles. The highest BCUT2D eigenvalue weighted by molar-refractivity contribution is 5.75. The second-order valence-corrected chi connectivity index (χ2v) is 3.16. The number of nitrogens with zero attached hydrogens (tertiary/aromatic N) is 1. The zero-order valence-corrected chi connectivity index (χ0v) is 8.93. The normalized spacial score (nSPS) is 14.2. The molecular formula is C10H11F2NO4. The molecule has 17 heavy (non-hydrogen) atoms. The quantitative estimate of drug-likeness (QED) is 0.591. The van der Waals surface area contributed by atoms with Gasteiger partial charge in [0.25, 0.3) is 0 Å². The van der Waals surface area contributed by atoms with Crippen LogP contribution in [0.3, 0.4) is 0 Å². The molecular weight excluding hydrogens is 236 g/mol. The lowest BCUT2D eigenvalue weighted by Crippen LogP contribution is -2.30. The molecule has 0 spiro atoms. The molecule has 1 heterocycles. The molecule has 94 valence electrons. The third kappa shape index (κ3) is 3.18. The van der Waals surface area contributed by atoms with Crippen molar-refractivity contribution in [1.29, 1.82) is 0 Å². The van der Waals surface area contributed by atoms with Gasteiger partial charge in [-0.2, -0.15) is 13.8 Å². The van der Waals surface area contributed by atoms with Crippen LogP contribution in [0.5, 0.6) is 0 Å². The zero-order valence-electron chi connectivity index (χ0n) is 8.93. The van der Waals surface area contributed by atoms with E-state index in [-0.39, 0.29) is 6.61 Å². The number of ether oxygens (including phenoxy) is 1. The van der Waals surface area contributed by atoms with E-state index in [1.54, 1.807) is 0 Å². The SMILES string of the molecule is CCOC(=O)C(O)C(O)c1ccc(F)nc1F. The monoisotopic (exact) mass is 247 g/mol. The number of esters is 1. The number of carbonyl (C=O) groups is 1. The fourth-order valence-electron chi connectivity index (χ4n) is 1.17. The van der Waals surface area contributed by atoms with Crippen molar-refractivity contribution in [3.05, 3.63) is 29.6 Å². The van der Waals surface area contributed by atoms with Crippen LogP contribution in [0.4, 0.5) is 8.78 Å². The van der Waals surface area contributed by atoms with Gasteiger partial charge in [0.05, 0.1) is 6.61 Å². The fraction of sp³-hybridized carbons (Fsp3) is 0.400. The minimum atomic E-state index is -1.95. The summed E-state index contributed by atoms with van der Waals surface area (Å²) in [7, 11) is 0. The second-order valence-electron chi connectivity index (χ2n) is 3.16. The van der Waals surface area contributed by atoms with Crippen molar-refractivity contribution in [3.8, 4) is 0 Å². The summed E-state index contributed by atoms with van der Waals surface area (Å²) in [6, 6.07) is 1.70. The summed E-state index contributed by atoms with van der Waals surface area (Å²) in [5, 5.41) is 18.9. The Labute approximate surface area is 95.7 Å². The number of aromatic nitrogens is 1. The van der Waals surface area contributed by atoms with Crippen LogP contribution in [0.1, 0.15) is 18.6 Å². The van der Waals surface area contributed by atoms with Gasteiger partial charge in [0.1, 0.15) is 6.10 Å². The zero-order chi connectivity index (χ0) is 13.0. The number of halogens is 2. The Kier molecular flexibility index (Phi) is 4.47. The minimum absolute atomic E-state index is 0.00671. The van der Waals surface area contributed by atoms with Crippen molar-refractivity contribution in [3.63, 3.8) is 0 Å². The number of pyridine rings is 1. The minimum Gasteiger partial charge on any atom is -0.464 e. The van der Waals surface area contributed by atoms with Gasteiger partial charge in [-0.05, 0) is 19.1 Å². The molecule has 1 aromatic heterocycles. The van der Waals surface area contributed by atoms with Gasteiger partial charge >= 0.3 is 5.97 Å². The van der Waals surface area contributed by atoms with E-state index in [1.807, 2.05) is 0 Å². The predicted octanol–water partition coefficient (Wildman–Crippen LogP) is 0.317. The summed E-state index contributed by atoms with van der Waals surface area (Å²) in [6.07, 6.45) is -3.81. The standard InChI is InChI=1S/C10H11F2NO4/c1-2-17-10(16)8(15)7(14)5-3-4-6(11)13-9(5)12/h3-4,7-8,14-15H,2H2,1H3. The Bertz CT molecular complexity index is 413. The summed E-state index contributed by atoms with van der Waals surface area (Å²) in [4.78, 5) is 13.9.